The normalized spacial score (nSPS) is 17.3. The van der Waals surface area contributed by atoms with E-state index in [0.29, 0.717) is 5.92 Å². The third-order valence-corrected chi connectivity index (χ3v) is 3.00. The van der Waals surface area contributed by atoms with Gasteiger partial charge in [-0.2, -0.15) is 0 Å². The van der Waals surface area contributed by atoms with Gasteiger partial charge in [-0.3, -0.25) is 0 Å². The number of benzene rings is 1. The van der Waals surface area contributed by atoms with Gasteiger partial charge in [0.2, 0.25) is 0 Å². The Morgan fingerprint density at radius 3 is 2.29 bits per heavy atom. The van der Waals surface area contributed by atoms with E-state index in [0.717, 1.165) is 17.5 Å². The minimum Gasteiger partial charge on any atom is -0.330 e. The molecule has 0 spiro atoms. The van der Waals surface area contributed by atoms with Crippen LogP contribution in [0.2, 0.25) is 5.02 Å². The Morgan fingerprint density at radius 2 is 1.86 bits per heavy atom. The molecule has 0 aliphatic heterocycles. The van der Waals surface area contributed by atoms with Crippen molar-refractivity contribution < 1.29 is 0 Å². The predicted octanol–water partition coefficient (Wildman–Crippen LogP) is 3.21. The second kappa shape index (κ2) is 5.01. The molecule has 1 aliphatic carbocycles. The van der Waals surface area contributed by atoms with Crippen molar-refractivity contribution in [3.63, 3.8) is 0 Å². The van der Waals surface area contributed by atoms with Crippen LogP contribution >= 0.6 is 24.0 Å². The van der Waals surface area contributed by atoms with Crippen molar-refractivity contribution in [3.05, 3.63) is 34.9 Å². The Bertz CT molecular complexity index is 280. The quantitative estimate of drug-likeness (QED) is 0.850. The molecule has 0 saturated heterocycles. The summed E-state index contributed by atoms with van der Waals surface area (Å²) in [6.45, 7) is 0.756. The fourth-order valence-electron chi connectivity index (χ4n) is 1.81. The van der Waals surface area contributed by atoms with Crippen LogP contribution in [-0.2, 0) is 0 Å². The molecule has 1 aromatic carbocycles. The third-order valence-electron chi connectivity index (χ3n) is 2.74. The number of halogens is 2. The molecule has 1 saturated carbocycles. The van der Waals surface area contributed by atoms with Crippen LogP contribution in [0.1, 0.15) is 24.3 Å². The van der Waals surface area contributed by atoms with Crippen molar-refractivity contribution in [2.24, 2.45) is 11.7 Å². The van der Waals surface area contributed by atoms with Crippen LogP contribution in [0.4, 0.5) is 0 Å². The Balaban J connectivity index is 0.000000980. The van der Waals surface area contributed by atoms with E-state index in [1.54, 1.807) is 0 Å². The molecule has 14 heavy (non-hydrogen) atoms. The van der Waals surface area contributed by atoms with Crippen LogP contribution < -0.4 is 5.73 Å². The summed E-state index contributed by atoms with van der Waals surface area (Å²) in [5.74, 6) is 1.38. The first-order chi connectivity index (χ1) is 6.31. The van der Waals surface area contributed by atoms with Gasteiger partial charge < -0.3 is 5.73 Å². The van der Waals surface area contributed by atoms with Crippen LogP contribution in [0, 0.1) is 5.92 Å². The highest BCUT2D eigenvalue weighted by Gasteiger charge is 2.30. The van der Waals surface area contributed by atoms with Crippen molar-refractivity contribution in [2.75, 3.05) is 6.54 Å². The maximum atomic E-state index is 5.82. The van der Waals surface area contributed by atoms with Crippen LogP contribution in [-0.4, -0.2) is 6.54 Å². The van der Waals surface area contributed by atoms with Crippen molar-refractivity contribution in [2.45, 2.75) is 18.8 Å². The van der Waals surface area contributed by atoms with E-state index >= 15 is 0 Å². The molecule has 2 rings (SSSR count). The molecule has 2 N–H and O–H groups in total. The molecule has 1 aromatic rings. The molecule has 78 valence electrons. The monoisotopic (exact) mass is 231 g/mol. The molecule has 1 aliphatic rings. The smallest absolute Gasteiger partial charge is 0.0406 e. The molecule has 1 fully saturated rings. The molecule has 0 heterocycles. The standard InChI is InChI=1S/C11H14ClN.ClH/c12-10-5-3-9(4-6-10)11(7-13)8-1-2-8;/h3-6,8,11H,1-2,7,13H2;1H. The van der Waals surface area contributed by atoms with Gasteiger partial charge in [-0.25, -0.2) is 0 Å². The van der Waals surface area contributed by atoms with E-state index in [1.165, 1.54) is 18.4 Å². The summed E-state index contributed by atoms with van der Waals surface area (Å²) in [6, 6.07) is 8.08. The second-order valence-corrected chi connectivity index (χ2v) is 4.17. The summed E-state index contributed by atoms with van der Waals surface area (Å²) in [7, 11) is 0. The average Bonchev–Trinajstić information content (AvgIpc) is 2.93. The van der Waals surface area contributed by atoms with E-state index in [9.17, 15) is 0 Å². The Morgan fingerprint density at radius 1 is 1.29 bits per heavy atom. The molecular formula is C11H15Cl2N. The first kappa shape index (κ1) is 11.8. The van der Waals surface area contributed by atoms with Crippen LogP contribution in [0.3, 0.4) is 0 Å². The fourth-order valence-corrected chi connectivity index (χ4v) is 1.94. The highest BCUT2D eigenvalue weighted by atomic mass is 35.5. The van der Waals surface area contributed by atoms with Crippen molar-refractivity contribution >= 4 is 24.0 Å². The molecular weight excluding hydrogens is 217 g/mol. The molecule has 3 heteroatoms. The number of hydrogen-bond acceptors (Lipinski definition) is 1. The lowest BCUT2D eigenvalue weighted by atomic mass is 9.94. The van der Waals surface area contributed by atoms with Crippen LogP contribution in [0.5, 0.6) is 0 Å². The maximum absolute atomic E-state index is 5.82. The van der Waals surface area contributed by atoms with Crippen molar-refractivity contribution in [1.29, 1.82) is 0 Å². The van der Waals surface area contributed by atoms with Gasteiger partial charge in [0.25, 0.3) is 0 Å². The van der Waals surface area contributed by atoms with E-state index in [1.807, 2.05) is 12.1 Å². The summed E-state index contributed by atoms with van der Waals surface area (Å²) in [4.78, 5) is 0. The minimum atomic E-state index is 0. The summed E-state index contributed by atoms with van der Waals surface area (Å²) in [5.41, 5.74) is 7.09. The number of nitrogens with two attached hydrogens (primary N) is 1. The van der Waals surface area contributed by atoms with Crippen molar-refractivity contribution in [3.8, 4) is 0 Å². The molecule has 0 radical (unpaired) electrons. The second-order valence-electron chi connectivity index (χ2n) is 3.73. The van der Waals surface area contributed by atoms with Gasteiger partial charge in [0.05, 0.1) is 0 Å². The van der Waals surface area contributed by atoms with E-state index in [2.05, 4.69) is 12.1 Å². The van der Waals surface area contributed by atoms with Crippen molar-refractivity contribution in [1.82, 2.24) is 0 Å². The van der Waals surface area contributed by atoms with Gasteiger partial charge in [-0.1, -0.05) is 23.7 Å². The Labute approximate surface area is 96.0 Å². The fraction of sp³-hybridized carbons (Fsp3) is 0.455. The highest BCUT2D eigenvalue weighted by molar-refractivity contribution is 6.30. The van der Waals surface area contributed by atoms with Gasteiger partial charge in [0, 0.05) is 5.02 Å². The largest absolute Gasteiger partial charge is 0.330 e. The lowest BCUT2D eigenvalue weighted by Gasteiger charge is -2.13. The molecule has 1 unspecified atom stereocenters. The molecule has 0 aromatic heterocycles. The zero-order valence-electron chi connectivity index (χ0n) is 7.95. The number of hydrogen-bond donors (Lipinski definition) is 1. The predicted molar refractivity (Wildman–Crippen MR) is 63.2 cm³/mol. The Hall–Kier alpha value is -0.240. The van der Waals surface area contributed by atoms with Crippen LogP contribution in [0.25, 0.3) is 0 Å². The van der Waals surface area contributed by atoms with Gasteiger partial charge in [0.15, 0.2) is 0 Å². The van der Waals surface area contributed by atoms with E-state index in [4.69, 9.17) is 17.3 Å². The zero-order valence-corrected chi connectivity index (χ0v) is 9.52. The molecule has 0 amide bonds. The molecule has 0 bridgehead atoms. The molecule has 1 atom stereocenters. The SMILES string of the molecule is Cl.NCC(c1ccc(Cl)cc1)C1CC1. The first-order valence-corrected chi connectivity index (χ1v) is 5.14. The minimum absolute atomic E-state index is 0. The molecule has 1 nitrogen and oxygen atoms in total. The third kappa shape index (κ3) is 2.63. The number of rotatable bonds is 3. The highest BCUT2D eigenvalue weighted by Crippen LogP contribution is 2.42. The Kier molecular flexibility index (Phi) is 4.24. The van der Waals surface area contributed by atoms with Gasteiger partial charge in [0.1, 0.15) is 0 Å². The topological polar surface area (TPSA) is 26.0 Å². The van der Waals surface area contributed by atoms with Gasteiger partial charge in [-0.15, -0.1) is 12.4 Å². The zero-order chi connectivity index (χ0) is 9.26. The summed E-state index contributed by atoms with van der Waals surface area (Å²) in [5, 5.41) is 0.801. The lowest BCUT2D eigenvalue weighted by Crippen LogP contribution is -2.14. The van der Waals surface area contributed by atoms with Gasteiger partial charge in [-0.05, 0) is 48.9 Å². The lowest BCUT2D eigenvalue weighted by molar-refractivity contribution is 0.616. The van der Waals surface area contributed by atoms with E-state index < -0.39 is 0 Å². The first-order valence-electron chi connectivity index (χ1n) is 4.77. The van der Waals surface area contributed by atoms with Crippen LogP contribution in [0.15, 0.2) is 24.3 Å². The maximum Gasteiger partial charge on any atom is 0.0406 e. The summed E-state index contributed by atoms with van der Waals surface area (Å²) in [6.07, 6.45) is 2.68. The average molecular weight is 232 g/mol. The van der Waals surface area contributed by atoms with E-state index in [-0.39, 0.29) is 12.4 Å². The van der Waals surface area contributed by atoms with Gasteiger partial charge >= 0.3 is 0 Å². The summed E-state index contributed by atoms with van der Waals surface area (Å²) >= 11 is 5.82. The summed E-state index contributed by atoms with van der Waals surface area (Å²) < 4.78 is 0.